The van der Waals surface area contributed by atoms with Crippen molar-refractivity contribution in [2.45, 2.75) is 39.2 Å². The highest BCUT2D eigenvalue weighted by Gasteiger charge is 2.47. The normalized spacial score (nSPS) is 27.1. The molecule has 1 aliphatic carbocycles. The quantitative estimate of drug-likeness (QED) is 0.884. The lowest BCUT2D eigenvalue weighted by Crippen LogP contribution is -2.61. The maximum absolute atomic E-state index is 6.08. The van der Waals surface area contributed by atoms with E-state index in [1.807, 2.05) is 0 Å². The number of benzene rings is 1. The van der Waals surface area contributed by atoms with Gasteiger partial charge in [-0.2, -0.15) is 0 Å². The summed E-state index contributed by atoms with van der Waals surface area (Å²) < 4.78 is 0. The van der Waals surface area contributed by atoms with Crippen LogP contribution in [0.25, 0.3) is 0 Å². The molecule has 0 unspecified atom stereocenters. The summed E-state index contributed by atoms with van der Waals surface area (Å²) in [5.74, 6) is 1.61. The maximum Gasteiger partial charge on any atom is 0.0526 e. The number of anilines is 1. The Bertz CT molecular complexity index is 405. The van der Waals surface area contributed by atoms with E-state index >= 15 is 0 Å². The molecule has 2 nitrogen and oxygen atoms in total. The highest BCUT2D eigenvalue weighted by molar-refractivity contribution is 5.55. The van der Waals surface area contributed by atoms with Gasteiger partial charge in [0.1, 0.15) is 0 Å². The number of hydrogen-bond acceptors (Lipinski definition) is 2. The Labute approximate surface area is 111 Å². The Kier molecular flexibility index (Phi) is 3.67. The first-order valence-corrected chi connectivity index (χ1v) is 7.00. The molecule has 0 aliphatic heterocycles. The third-order valence-electron chi connectivity index (χ3n) is 4.80. The Morgan fingerprint density at radius 2 is 1.94 bits per heavy atom. The van der Waals surface area contributed by atoms with Gasteiger partial charge in [0.2, 0.25) is 0 Å². The lowest BCUT2D eigenvalue weighted by Gasteiger charge is -2.55. The van der Waals surface area contributed by atoms with Crippen molar-refractivity contribution in [1.29, 1.82) is 0 Å². The lowest BCUT2D eigenvalue weighted by molar-refractivity contribution is 0.107. The first-order valence-electron chi connectivity index (χ1n) is 7.00. The fourth-order valence-electron chi connectivity index (χ4n) is 3.16. The van der Waals surface area contributed by atoms with Crippen molar-refractivity contribution in [3.63, 3.8) is 0 Å². The van der Waals surface area contributed by atoms with Gasteiger partial charge in [0.05, 0.1) is 5.54 Å². The van der Waals surface area contributed by atoms with E-state index < -0.39 is 0 Å². The SMILES string of the molecule is Cc1ccccc1N(C)C1(CN)CC(C(C)C)C1. The van der Waals surface area contributed by atoms with Crippen LogP contribution in [0.4, 0.5) is 5.69 Å². The predicted octanol–water partition coefficient (Wildman–Crippen LogP) is 3.19. The van der Waals surface area contributed by atoms with E-state index in [4.69, 9.17) is 5.73 Å². The van der Waals surface area contributed by atoms with Gasteiger partial charge in [-0.25, -0.2) is 0 Å². The Morgan fingerprint density at radius 1 is 1.33 bits per heavy atom. The largest absolute Gasteiger partial charge is 0.367 e. The van der Waals surface area contributed by atoms with Gasteiger partial charge >= 0.3 is 0 Å². The Balaban J connectivity index is 2.18. The molecule has 2 N–H and O–H groups in total. The minimum Gasteiger partial charge on any atom is -0.367 e. The molecule has 2 rings (SSSR count). The van der Waals surface area contributed by atoms with Crippen LogP contribution in [-0.4, -0.2) is 19.1 Å². The monoisotopic (exact) mass is 246 g/mol. The van der Waals surface area contributed by atoms with Gasteiger partial charge in [-0.1, -0.05) is 32.0 Å². The fourth-order valence-corrected chi connectivity index (χ4v) is 3.16. The summed E-state index contributed by atoms with van der Waals surface area (Å²) in [6, 6.07) is 8.59. The van der Waals surface area contributed by atoms with Crippen LogP contribution in [0.15, 0.2) is 24.3 Å². The molecule has 100 valence electrons. The van der Waals surface area contributed by atoms with Crippen molar-refractivity contribution in [3.8, 4) is 0 Å². The summed E-state index contributed by atoms with van der Waals surface area (Å²) in [4.78, 5) is 2.42. The predicted molar refractivity (Wildman–Crippen MR) is 78.9 cm³/mol. The van der Waals surface area contributed by atoms with Crippen LogP contribution in [0, 0.1) is 18.8 Å². The molecule has 18 heavy (non-hydrogen) atoms. The number of likely N-dealkylation sites (N-methyl/N-ethyl adjacent to an activating group) is 1. The second-order valence-corrected chi connectivity index (χ2v) is 6.19. The minimum absolute atomic E-state index is 0.182. The molecule has 0 heterocycles. The molecule has 0 atom stereocenters. The first kappa shape index (κ1) is 13.4. The number of nitrogens with zero attached hydrogens (tertiary/aromatic N) is 1. The molecular formula is C16H26N2. The zero-order valence-corrected chi connectivity index (χ0v) is 12.1. The van der Waals surface area contributed by atoms with Gasteiger partial charge in [0, 0.05) is 19.3 Å². The van der Waals surface area contributed by atoms with Crippen LogP contribution in [0.2, 0.25) is 0 Å². The van der Waals surface area contributed by atoms with E-state index in [1.54, 1.807) is 0 Å². The lowest BCUT2D eigenvalue weighted by atomic mass is 9.63. The van der Waals surface area contributed by atoms with E-state index in [0.717, 1.165) is 18.4 Å². The number of rotatable bonds is 4. The second kappa shape index (κ2) is 4.93. The van der Waals surface area contributed by atoms with Gasteiger partial charge in [-0.05, 0) is 43.2 Å². The molecule has 0 saturated heterocycles. The van der Waals surface area contributed by atoms with Crippen molar-refractivity contribution in [3.05, 3.63) is 29.8 Å². The molecule has 1 fully saturated rings. The Hall–Kier alpha value is -1.02. The van der Waals surface area contributed by atoms with Gasteiger partial charge in [-0.15, -0.1) is 0 Å². The summed E-state index contributed by atoms with van der Waals surface area (Å²) in [6.07, 6.45) is 2.46. The van der Waals surface area contributed by atoms with Crippen molar-refractivity contribution in [2.24, 2.45) is 17.6 Å². The molecule has 0 bridgehead atoms. The molecule has 1 aromatic carbocycles. The Morgan fingerprint density at radius 3 is 2.44 bits per heavy atom. The van der Waals surface area contributed by atoms with Gasteiger partial charge < -0.3 is 10.6 Å². The molecule has 1 saturated carbocycles. The third-order valence-corrected chi connectivity index (χ3v) is 4.80. The van der Waals surface area contributed by atoms with E-state index in [1.165, 1.54) is 24.1 Å². The average Bonchev–Trinajstić information content (AvgIpc) is 2.28. The van der Waals surface area contributed by atoms with Crippen LogP contribution >= 0.6 is 0 Å². The third kappa shape index (κ3) is 2.14. The molecule has 0 amide bonds. The number of nitrogens with two attached hydrogens (primary N) is 1. The summed E-state index contributed by atoms with van der Waals surface area (Å²) in [6.45, 7) is 7.56. The van der Waals surface area contributed by atoms with Crippen LogP contribution in [-0.2, 0) is 0 Å². The summed E-state index contributed by atoms with van der Waals surface area (Å²) in [5, 5.41) is 0. The molecular weight excluding hydrogens is 220 g/mol. The fraction of sp³-hybridized carbons (Fsp3) is 0.625. The highest BCUT2D eigenvalue weighted by Crippen LogP contribution is 2.46. The van der Waals surface area contributed by atoms with Crippen LogP contribution < -0.4 is 10.6 Å². The van der Waals surface area contributed by atoms with Crippen LogP contribution in [0.1, 0.15) is 32.3 Å². The zero-order chi connectivity index (χ0) is 13.3. The van der Waals surface area contributed by atoms with Crippen molar-refractivity contribution in [2.75, 3.05) is 18.5 Å². The molecule has 2 heteroatoms. The van der Waals surface area contributed by atoms with Crippen molar-refractivity contribution < 1.29 is 0 Å². The smallest absolute Gasteiger partial charge is 0.0526 e. The summed E-state index contributed by atoms with van der Waals surface area (Å²) >= 11 is 0. The van der Waals surface area contributed by atoms with Gasteiger partial charge in [-0.3, -0.25) is 0 Å². The minimum atomic E-state index is 0.182. The number of hydrogen-bond donors (Lipinski definition) is 1. The van der Waals surface area contributed by atoms with Gasteiger partial charge in [0.25, 0.3) is 0 Å². The molecule has 0 radical (unpaired) electrons. The summed E-state index contributed by atoms with van der Waals surface area (Å²) in [5.41, 5.74) is 8.92. The maximum atomic E-state index is 6.08. The topological polar surface area (TPSA) is 29.3 Å². The highest BCUT2D eigenvalue weighted by atomic mass is 15.2. The van der Waals surface area contributed by atoms with Crippen LogP contribution in [0.5, 0.6) is 0 Å². The number of aryl methyl sites for hydroxylation is 1. The second-order valence-electron chi connectivity index (χ2n) is 6.19. The van der Waals surface area contributed by atoms with Crippen LogP contribution in [0.3, 0.4) is 0 Å². The zero-order valence-electron chi connectivity index (χ0n) is 12.1. The van der Waals surface area contributed by atoms with E-state index in [2.05, 4.69) is 57.0 Å². The average molecular weight is 246 g/mol. The molecule has 0 aromatic heterocycles. The van der Waals surface area contributed by atoms with E-state index in [9.17, 15) is 0 Å². The first-order chi connectivity index (χ1) is 8.50. The van der Waals surface area contributed by atoms with Crippen molar-refractivity contribution >= 4 is 5.69 Å². The van der Waals surface area contributed by atoms with E-state index in [0.29, 0.717) is 0 Å². The molecule has 1 aromatic rings. The standard InChI is InChI=1S/C16H26N2/c1-12(2)14-9-16(10-14,11-17)18(4)15-8-6-5-7-13(15)3/h5-8,12,14H,9-11,17H2,1-4H3. The van der Waals surface area contributed by atoms with Crippen molar-refractivity contribution in [1.82, 2.24) is 0 Å². The molecule has 0 spiro atoms. The van der Waals surface area contributed by atoms with E-state index in [-0.39, 0.29) is 5.54 Å². The number of para-hydroxylation sites is 1. The summed E-state index contributed by atoms with van der Waals surface area (Å²) in [7, 11) is 2.20. The van der Waals surface area contributed by atoms with Gasteiger partial charge in [0.15, 0.2) is 0 Å². The molecule has 1 aliphatic rings.